The Balaban J connectivity index is 2.44. The van der Waals surface area contributed by atoms with Crippen LogP contribution in [0.5, 0.6) is 0 Å². The van der Waals surface area contributed by atoms with Crippen LogP contribution in [0.4, 0.5) is 0 Å². The van der Waals surface area contributed by atoms with Crippen LogP contribution in [0.15, 0.2) is 29.8 Å². The first-order valence-electron chi connectivity index (χ1n) is 4.65. The summed E-state index contributed by atoms with van der Waals surface area (Å²) in [4.78, 5) is 0. The molecule has 0 aliphatic carbocycles. The molecule has 1 aliphatic rings. The van der Waals surface area contributed by atoms with Gasteiger partial charge in [0.25, 0.3) is 0 Å². The van der Waals surface area contributed by atoms with Crippen LogP contribution in [0.2, 0.25) is 5.02 Å². The van der Waals surface area contributed by atoms with E-state index in [4.69, 9.17) is 29.1 Å². The van der Waals surface area contributed by atoms with Gasteiger partial charge in [0.15, 0.2) is 5.11 Å². The maximum absolute atomic E-state index is 9.01. The zero-order valence-electron chi connectivity index (χ0n) is 8.25. The molecule has 0 radical (unpaired) electrons. The first-order chi connectivity index (χ1) is 7.70. The minimum absolute atomic E-state index is 0.459. The van der Waals surface area contributed by atoms with Crippen LogP contribution in [0.25, 0.3) is 5.70 Å². The number of halogens is 1. The molecule has 0 bridgehead atoms. The van der Waals surface area contributed by atoms with E-state index in [1.165, 1.54) is 0 Å². The summed E-state index contributed by atoms with van der Waals surface area (Å²) in [5, 5.41) is 16.1. The Hall–Kier alpha value is -1.57. The van der Waals surface area contributed by atoms with E-state index in [-0.39, 0.29) is 0 Å². The van der Waals surface area contributed by atoms with Crippen LogP contribution in [-0.2, 0) is 0 Å². The van der Waals surface area contributed by atoms with E-state index in [0.29, 0.717) is 22.3 Å². The lowest BCUT2D eigenvalue weighted by atomic mass is 10.1. The second kappa shape index (κ2) is 4.52. The molecule has 0 spiro atoms. The van der Waals surface area contributed by atoms with E-state index in [0.717, 1.165) is 11.3 Å². The van der Waals surface area contributed by atoms with Crippen LogP contribution >= 0.6 is 23.8 Å². The van der Waals surface area contributed by atoms with Gasteiger partial charge in [-0.2, -0.15) is 5.26 Å². The molecule has 1 heterocycles. The normalized spacial score (nSPS) is 15.1. The third-order valence-electron chi connectivity index (χ3n) is 2.23. The molecule has 0 saturated heterocycles. The Bertz CT molecular complexity index is 499. The lowest BCUT2D eigenvalue weighted by molar-refractivity contribution is 0.948. The zero-order chi connectivity index (χ0) is 11.5. The van der Waals surface area contributed by atoms with Crippen LogP contribution in [0, 0.1) is 11.3 Å². The standard InChI is InChI=1S/C11H8ClN3S/c12-9-3-1-7(2-4-9)10-8(5-13)6-14-11(16)15-10/h1-4H,6H2,(H2,14,15,16). The van der Waals surface area contributed by atoms with Crippen molar-refractivity contribution < 1.29 is 0 Å². The Kier molecular flexibility index (Phi) is 3.09. The molecule has 80 valence electrons. The molecule has 0 saturated carbocycles. The van der Waals surface area contributed by atoms with Crippen molar-refractivity contribution in [3.63, 3.8) is 0 Å². The number of hydrogen-bond donors (Lipinski definition) is 2. The third-order valence-corrected chi connectivity index (χ3v) is 2.73. The molecule has 1 aliphatic heterocycles. The van der Waals surface area contributed by atoms with Crippen molar-refractivity contribution in [2.75, 3.05) is 6.54 Å². The van der Waals surface area contributed by atoms with Crippen LogP contribution in [0.3, 0.4) is 0 Å². The summed E-state index contributed by atoms with van der Waals surface area (Å²) in [5.41, 5.74) is 2.30. The zero-order valence-corrected chi connectivity index (χ0v) is 9.82. The highest BCUT2D eigenvalue weighted by molar-refractivity contribution is 7.80. The smallest absolute Gasteiger partial charge is 0.171 e. The molecule has 16 heavy (non-hydrogen) atoms. The maximum atomic E-state index is 9.01. The average Bonchev–Trinajstić information content (AvgIpc) is 2.30. The molecule has 0 amide bonds. The van der Waals surface area contributed by atoms with Crippen LogP contribution in [-0.4, -0.2) is 11.7 Å². The van der Waals surface area contributed by atoms with Gasteiger partial charge in [0, 0.05) is 5.02 Å². The molecule has 5 heteroatoms. The molecule has 1 aromatic carbocycles. The molecule has 3 nitrogen and oxygen atoms in total. The van der Waals surface area contributed by atoms with Gasteiger partial charge in [0.05, 0.1) is 23.9 Å². The molecule has 0 aromatic heterocycles. The van der Waals surface area contributed by atoms with Gasteiger partial charge in [-0.15, -0.1) is 0 Å². The van der Waals surface area contributed by atoms with E-state index < -0.39 is 0 Å². The second-order valence-electron chi connectivity index (χ2n) is 3.28. The number of nitrogens with one attached hydrogen (secondary N) is 2. The van der Waals surface area contributed by atoms with Crippen molar-refractivity contribution in [3.8, 4) is 6.07 Å². The van der Waals surface area contributed by atoms with Gasteiger partial charge in [-0.1, -0.05) is 23.7 Å². The molecule has 0 fully saturated rings. The summed E-state index contributed by atoms with van der Waals surface area (Å²) in [5.74, 6) is 0. The monoisotopic (exact) mass is 249 g/mol. The number of rotatable bonds is 1. The molecule has 1 aromatic rings. The van der Waals surface area contributed by atoms with Crippen molar-refractivity contribution in [2.24, 2.45) is 0 Å². The van der Waals surface area contributed by atoms with E-state index in [2.05, 4.69) is 16.7 Å². The van der Waals surface area contributed by atoms with Gasteiger partial charge in [0.1, 0.15) is 0 Å². The minimum atomic E-state index is 0.459. The molecule has 2 N–H and O–H groups in total. The summed E-state index contributed by atoms with van der Waals surface area (Å²) >= 11 is 10.8. The van der Waals surface area contributed by atoms with Gasteiger partial charge in [-0.3, -0.25) is 0 Å². The molecule has 2 rings (SSSR count). The van der Waals surface area contributed by atoms with Gasteiger partial charge in [-0.05, 0) is 29.9 Å². The summed E-state index contributed by atoms with van der Waals surface area (Å²) in [6.07, 6.45) is 0. The topological polar surface area (TPSA) is 47.9 Å². The number of hydrogen-bond acceptors (Lipinski definition) is 2. The number of benzene rings is 1. The first kappa shape index (κ1) is 10.9. The molecular formula is C11H8ClN3S. The highest BCUT2D eigenvalue weighted by Gasteiger charge is 2.15. The predicted molar refractivity (Wildman–Crippen MR) is 67.7 cm³/mol. The Morgan fingerprint density at radius 1 is 1.31 bits per heavy atom. The lowest BCUT2D eigenvalue weighted by Crippen LogP contribution is -2.40. The van der Waals surface area contributed by atoms with Crippen molar-refractivity contribution in [1.82, 2.24) is 10.6 Å². The largest absolute Gasteiger partial charge is 0.358 e. The Morgan fingerprint density at radius 3 is 2.62 bits per heavy atom. The van der Waals surface area contributed by atoms with Crippen molar-refractivity contribution in [3.05, 3.63) is 40.4 Å². The molecule has 0 atom stereocenters. The average molecular weight is 250 g/mol. The van der Waals surface area contributed by atoms with Crippen molar-refractivity contribution in [2.45, 2.75) is 0 Å². The summed E-state index contributed by atoms with van der Waals surface area (Å²) in [6.45, 7) is 0.459. The number of nitrogens with zero attached hydrogens (tertiary/aromatic N) is 1. The Labute approximate surface area is 104 Å². The molecular weight excluding hydrogens is 242 g/mol. The van der Waals surface area contributed by atoms with Gasteiger partial charge >= 0.3 is 0 Å². The summed E-state index contributed by atoms with van der Waals surface area (Å²) in [7, 11) is 0. The van der Waals surface area contributed by atoms with E-state index >= 15 is 0 Å². The summed E-state index contributed by atoms with van der Waals surface area (Å²) < 4.78 is 0. The van der Waals surface area contributed by atoms with Crippen molar-refractivity contribution in [1.29, 1.82) is 5.26 Å². The molecule has 0 unspecified atom stereocenters. The Morgan fingerprint density at radius 2 is 2.00 bits per heavy atom. The van der Waals surface area contributed by atoms with E-state index in [1.807, 2.05) is 12.1 Å². The highest BCUT2D eigenvalue weighted by atomic mass is 35.5. The number of thiocarbonyl (C=S) groups is 1. The fourth-order valence-electron chi connectivity index (χ4n) is 1.45. The van der Waals surface area contributed by atoms with Gasteiger partial charge in [0.2, 0.25) is 0 Å². The maximum Gasteiger partial charge on any atom is 0.171 e. The highest BCUT2D eigenvalue weighted by Crippen LogP contribution is 2.20. The summed E-state index contributed by atoms with van der Waals surface area (Å²) in [6, 6.07) is 9.43. The quantitative estimate of drug-likeness (QED) is 0.748. The second-order valence-corrected chi connectivity index (χ2v) is 4.12. The fraction of sp³-hybridized carbons (Fsp3) is 0.0909. The lowest BCUT2D eigenvalue weighted by Gasteiger charge is -2.20. The van der Waals surface area contributed by atoms with Gasteiger partial charge < -0.3 is 10.6 Å². The number of nitriles is 1. The van der Waals surface area contributed by atoms with Crippen LogP contribution < -0.4 is 10.6 Å². The van der Waals surface area contributed by atoms with E-state index in [1.54, 1.807) is 12.1 Å². The minimum Gasteiger partial charge on any atom is -0.358 e. The van der Waals surface area contributed by atoms with E-state index in [9.17, 15) is 0 Å². The fourth-order valence-corrected chi connectivity index (χ4v) is 1.75. The van der Waals surface area contributed by atoms with Crippen LogP contribution in [0.1, 0.15) is 5.56 Å². The van der Waals surface area contributed by atoms with Crippen molar-refractivity contribution >= 4 is 34.6 Å². The van der Waals surface area contributed by atoms with Gasteiger partial charge in [-0.25, -0.2) is 0 Å². The predicted octanol–water partition coefficient (Wildman–Crippen LogP) is 2.05. The first-order valence-corrected chi connectivity index (χ1v) is 5.43. The third kappa shape index (κ3) is 2.16. The SMILES string of the molecule is N#CC1=C(c2ccc(Cl)cc2)NC(=S)NC1.